The van der Waals surface area contributed by atoms with Crippen molar-refractivity contribution < 1.29 is 4.79 Å². The maximum absolute atomic E-state index is 12.0. The summed E-state index contributed by atoms with van der Waals surface area (Å²) in [6.45, 7) is 3.14. The van der Waals surface area contributed by atoms with Crippen LogP contribution in [0.1, 0.15) is 24.4 Å². The molecule has 4 rings (SSSR count). The van der Waals surface area contributed by atoms with Crippen LogP contribution in [-0.2, 0) is 0 Å². The van der Waals surface area contributed by atoms with E-state index in [1.165, 1.54) is 0 Å². The number of anilines is 1. The van der Waals surface area contributed by atoms with Crippen molar-refractivity contribution in [2.24, 2.45) is 5.92 Å². The molecule has 0 spiro atoms. The molecule has 1 N–H and O–H groups in total. The highest BCUT2D eigenvalue weighted by Gasteiger charge is 2.33. The maximum Gasteiger partial charge on any atom is 0.317 e. The van der Waals surface area contributed by atoms with Crippen molar-refractivity contribution in [3.8, 4) is 0 Å². The topological polar surface area (TPSA) is 35.6 Å². The molecule has 0 bridgehead atoms. The molecular weight excluding hydrogens is 417 g/mol. The van der Waals surface area contributed by atoms with E-state index in [2.05, 4.69) is 10.2 Å². The molecule has 2 atom stereocenters. The second-order valence-corrected chi connectivity index (χ2v) is 8.71. The Labute approximate surface area is 180 Å². The van der Waals surface area contributed by atoms with Crippen LogP contribution in [0.4, 0.5) is 10.5 Å². The van der Waals surface area contributed by atoms with E-state index < -0.39 is 0 Å². The minimum atomic E-state index is 0.0425. The number of nitrogens with zero attached hydrogens (tertiary/aromatic N) is 2. The zero-order valence-electron chi connectivity index (χ0n) is 15.4. The van der Waals surface area contributed by atoms with E-state index in [0.717, 1.165) is 50.3 Å². The van der Waals surface area contributed by atoms with Gasteiger partial charge in [0.25, 0.3) is 0 Å². The molecule has 28 heavy (non-hydrogen) atoms. The van der Waals surface area contributed by atoms with Crippen molar-refractivity contribution in [1.29, 1.82) is 0 Å². The fourth-order valence-corrected chi connectivity index (χ4v) is 4.87. The molecule has 0 radical (unpaired) electrons. The lowest BCUT2D eigenvalue weighted by Crippen LogP contribution is -2.43. The van der Waals surface area contributed by atoms with Crippen LogP contribution >= 0.6 is 34.8 Å². The second-order valence-electron chi connectivity index (χ2n) is 7.43. The lowest BCUT2D eigenvalue weighted by molar-refractivity contribution is 0.202. The largest absolute Gasteiger partial charge is 0.364 e. The molecule has 2 aliphatic heterocycles. The fourth-order valence-electron chi connectivity index (χ4n) is 4.21. The number of carbonyl (C=O) groups excluding carboxylic acids is 1. The van der Waals surface area contributed by atoms with Crippen LogP contribution in [-0.4, -0.2) is 37.1 Å². The molecule has 0 saturated carbocycles. The van der Waals surface area contributed by atoms with Crippen molar-refractivity contribution in [2.75, 3.05) is 31.1 Å². The van der Waals surface area contributed by atoms with Crippen LogP contribution in [0.5, 0.6) is 0 Å². The molecule has 0 aliphatic carbocycles. The summed E-state index contributed by atoms with van der Waals surface area (Å²) in [5.41, 5.74) is 2.19. The zero-order valence-corrected chi connectivity index (χ0v) is 17.6. The molecule has 4 nitrogen and oxygen atoms in total. The number of amides is 2. The third kappa shape index (κ3) is 4.19. The zero-order chi connectivity index (χ0) is 19.7. The van der Waals surface area contributed by atoms with Gasteiger partial charge in [0.1, 0.15) is 0 Å². The molecule has 2 fully saturated rings. The molecule has 2 aromatic rings. The molecular formula is C21H22Cl3N3O. The number of halogens is 3. The van der Waals surface area contributed by atoms with Gasteiger partial charge in [-0.2, -0.15) is 0 Å². The number of hydrogen-bond acceptors (Lipinski definition) is 2. The number of rotatable bonds is 4. The van der Waals surface area contributed by atoms with Gasteiger partial charge in [-0.1, -0.05) is 40.9 Å². The van der Waals surface area contributed by atoms with Crippen LogP contribution in [0.15, 0.2) is 42.5 Å². The highest BCUT2D eigenvalue weighted by molar-refractivity contribution is 6.35. The van der Waals surface area contributed by atoms with E-state index in [4.69, 9.17) is 34.8 Å². The van der Waals surface area contributed by atoms with Gasteiger partial charge in [0.05, 0.1) is 6.04 Å². The van der Waals surface area contributed by atoms with Crippen molar-refractivity contribution in [3.05, 3.63) is 63.1 Å². The number of hydrogen-bond donors (Lipinski definition) is 1. The molecule has 1 unspecified atom stereocenters. The molecule has 148 valence electrons. The van der Waals surface area contributed by atoms with E-state index in [9.17, 15) is 4.79 Å². The van der Waals surface area contributed by atoms with Crippen molar-refractivity contribution >= 4 is 46.5 Å². The lowest BCUT2D eigenvalue weighted by atomic mass is 9.88. The Kier molecular flexibility index (Phi) is 5.91. The smallest absolute Gasteiger partial charge is 0.317 e. The summed E-state index contributed by atoms with van der Waals surface area (Å²) < 4.78 is 0. The Morgan fingerprint density at radius 1 is 1.00 bits per heavy atom. The van der Waals surface area contributed by atoms with Gasteiger partial charge in [-0.15, -0.1) is 0 Å². The second kappa shape index (κ2) is 8.40. The monoisotopic (exact) mass is 437 g/mol. The molecule has 2 aliphatic rings. The number of benzene rings is 2. The summed E-state index contributed by atoms with van der Waals surface area (Å²) in [6.07, 6.45) is 2.00. The lowest BCUT2D eigenvalue weighted by Gasteiger charge is -2.42. The summed E-state index contributed by atoms with van der Waals surface area (Å²) in [5.74, 6) is 0.404. The Morgan fingerprint density at radius 3 is 2.43 bits per heavy atom. The molecule has 0 aromatic heterocycles. The molecule has 7 heteroatoms. The standard InChI is InChI=1S/C21H22Cl3N3O/c22-15-2-5-17(6-3-15)27-13-14(12-26-10-9-25-21(26)28)1-8-20(27)18-7-4-16(23)11-19(18)24/h2-7,11,14,20H,1,8-10,12-13H2,(H,25,28)/t14-,20?/m0/s1. The molecule has 2 amide bonds. The van der Waals surface area contributed by atoms with Crippen molar-refractivity contribution in [2.45, 2.75) is 18.9 Å². The van der Waals surface area contributed by atoms with Crippen molar-refractivity contribution in [3.63, 3.8) is 0 Å². The fraction of sp³-hybridized carbons (Fsp3) is 0.381. The van der Waals surface area contributed by atoms with Crippen molar-refractivity contribution in [1.82, 2.24) is 10.2 Å². The van der Waals surface area contributed by atoms with Gasteiger partial charge in [0, 0.05) is 46.9 Å². The first kappa shape index (κ1) is 19.7. The van der Waals surface area contributed by atoms with Gasteiger partial charge < -0.3 is 15.1 Å². The number of piperidine rings is 1. The van der Waals surface area contributed by atoms with Gasteiger partial charge in [-0.25, -0.2) is 4.79 Å². The van der Waals surface area contributed by atoms with Gasteiger partial charge in [0.15, 0.2) is 0 Å². The van der Waals surface area contributed by atoms with Crippen LogP contribution < -0.4 is 10.2 Å². The highest BCUT2D eigenvalue weighted by atomic mass is 35.5. The number of nitrogens with one attached hydrogen (secondary N) is 1. The van der Waals surface area contributed by atoms with Gasteiger partial charge in [-0.3, -0.25) is 0 Å². The summed E-state index contributed by atoms with van der Waals surface area (Å²) in [4.78, 5) is 16.3. The Balaban J connectivity index is 1.60. The first-order chi connectivity index (χ1) is 13.5. The summed E-state index contributed by atoms with van der Waals surface area (Å²) in [7, 11) is 0. The number of carbonyl (C=O) groups is 1. The first-order valence-electron chi connectivity index (χ1n) is 9.51. The van der Waals surface area contributed by atoms with Gasteiger partial charge in [0.2, 0.25) is 0 Å². The first-order valence-corrected chi connectivity index (χ1v) is 10.6. The Hall–Kier alpha value is -1.62. The van der Waals surface area contributed by atoms with Crippen LogP contribution in [0, 0.1) is 5.92 Å². The minimum absolute atomic E-state index is 0.0425. The van der Waals surface area contributed by atoms with E-state index >= 15 is 0 Å². The molecule has 2 heterocycles. The predicted octanol–water partition coefficient (Wildman–Crippen LogP) is 5.63. The average Bonchev–Trinajstić information content (AvgIpc) is 3.07. The summed E-state index contributed by atoms with van der Waals surface area (Å²) in [6, 6.07) is 13.8. The van der Waals surface area contributed by atoms with Crippen LogP contribution in [0.3, 0.4) is 0 Å². The third-order valence-corrected chi connectivity index (χ3v) is 6.40. The predicted molar refractivity (Wildman–Crippen MR) is 116 cm³/mol. The minimum Gasteiger partial charge on any atom is -0.364 e. The highest BCUT2D eigenvalue weighted by Crippen LogP contribution is 2.40. The molecule has 2 saturated heterocycles. The van der Waals surface area contributed by atoms with Crippen LogP contribution in [0.25, 0.3) is 0 Å². The number of urea groups is 1. The quantitative estimate of drug-likeness (QED) is 0.671. The van der Waals surface area contributed by atoms with Gasteiger partial charge in [-0.05, 0) is 60.7 Å². The maximum atomic E-state index is 12.0. The van der Waals surface area contributed by atoms with E-state index in [1.54, 1.807) is 6.07 Å². The summed E-state index contributed by atoms with van der Waals surface area (Å²) in [5, 5.41) is 4.93. The summed E-state index contributed by atoms with van der Waals surface area (Å²) >= 11 is 18.7. The average molecular weight is 439 g/mol. The van der Waals surface area contributed by atoms with E-state index in [1.807, 2.05) is 41.3 Å². The Morgan fingerprint density at radius 2 is 1.75 bits per heavy atom. The van der Waals surface area contributed by atoms with E-state index in [0.29, 0.717) is 21.0 Å². The van der Waals surface area contributed by atoms with Crippen LogP contribution in [0.2, 0.25) is 15.1 Å². The normalized spacial score (nSPS) is 22.5. The Bertz CT molecular complexity index is 858. The SMILES string of the molecule is O=C1NCCN1C[C@@H]1CCC(c2ccc(Cl)cc2Cl)N(c2ccc(Cl)cc2)C1. The van der Waals surface area contributed by atoms with Gasteiger partial charge >= 0.3 is 6.03 Å². The molecule has 2 aromatic carbocycles. The van der Waals surface area contributed by atoms with E-state index in [-0.39, 0.29) is 12.1 Å². The third-order valence-electron chi connectivity index (χ3n) is 5.58.